The molecule has 1 aromatic rings. The van der Waals surface area contributed by atoms with E-state index in [1.165, 1.54) is 0 Å². The highest BCUT2D eigenvalue weighted by atomic mass is 19.4. The molecule has 0 bridgehead atoms. The molecule has 146 valence electrons. The molecule has 3 rings (SSSR count). The molecule has 1 atom stereocenters. The van der Waals surface area contributed by atoms with Gasteiger partial charge >= 0.3 is 12.1 Å². The highest BCUT2D eigenvalue weighted by Gasteiger charge is 2.55. The summed E-state index contributed by atoms with van der Waals surface area (Å²) < 4.78 is 39.4. The Morgan fingerprint density at radius 2 is 1.74 bits per heavy atom. The highest BCUT2D eigenvalue weighted by molar-refractivity contribution is 6.03. The summed E-state index contributed by atoms with van der Waals surface area (Å²) in [6.07, 6.45) is -0.905. The number of aliphatic carboxylic acids is 1. The molecule has 0 aromatic heterocycles. The van der Waals surface area contributed by atoms with Crippen molar-refractivity contribution in [3.05, 3.63) is 47.2 Å². The van der Waals surface area contributed by atoms with E-state index < -0.39 is 29.4 Å². The van der Waals surface area contributed by atoms with Crippen molar-refractivity contribution < 1.29 is 27.9 Å². The van der Waals surface area contributed by atoms with Crippen LogP contribution in [-0.2, 0) is 16.0 Å². The van der Waals surface area contributed by atoms with Gasteiger partial charge in [-0.2, -0.15) is 13.2 Å². The van der Waals surface area contributed by atoms with E-state index in [2.05, 4.69) is 5.32 Å². The van der Waals surface area contributed by atoms with E-state index in [1.807, 2.05) is 0 Å². The molecule has 1 unspecified atom stereocenters. The Balaban J connectivity index is 1.87. The van der Waals surface area contributed by atoms with Crippen molar-refractivity contribution in [3.63, 3.8) is 0 Å². The molecule has 0 radical (unpaired) electrons. The summed E-state index contributed by atoms with van der Waals surface area (Å²) in [5.41, 5.74) is -0.0897. The molecule has 0 saturated heterocycles. The van der Waals surface area contributed by atoms with Gasteiger partial charge in [-0.25, -0.2) is 4.79 Å². The minimum Gasteiger partial charge on any atom is -0.480 e. The number of hydrogen-bond acceptors (Lipinski definition) is 3. The third-order valence-corrected chi connectivity index (χ3v) is 5.57. The number of benzene rings is 1. The minimum atomic E-state index is -4.95. The fourth-order valence-corrected chi connectivity index (χ4v) is 4.29. The van der Waals surface area contributed by atoms with E-state index in [-0.39, 0.29) is 17.7 Å². The maximum atomic E-state index is 13.1. The van der Waals surface area contributed by atoms with E-state index in [1.54, 1.807) is 30.3 Å². The lowest BCUT2D eigenvalue weighted by atomic mass is 9.57. The van der Waals surface area contributed by atoms with E-state index in [4.69, 9.17) is 0 Å². The average Bonchev–Trinajstić information content (AvgIpc) is 2.61. The van der Waals surface area contributed by atoms with Crippen molar-refractivity contribution in [1.82, 2.24) is 5.32 Å². The smallest absolute Gasteiger partial charge is 0.454 e. The molecule has 1 fully saturated rings. The summed E-state index contributed by atoms with van der Waals surface area (Å²) in [5, 5.41) is 12.2. The number of nitrogens with one attached hydrogen (secondary N) is 1. The van der Waals surface area contributed by atoms with Gasteiger partial charge in [-0.15, -0.1) is 0 Å². The Hall–Kier alpha value is -2.31. The number of allylic oxidation sites excluding steroid dienone is 2. The van der Waals surface area contributed by atoms with Gasteiger partial charge in [-0.3, -0.25) is 4.79 Å². The van der Waals surface area contributed by atoms with Crippen LogP contribution in [0.2, 0.25) is 0 Å². The molecule has 27 heavy (non-hydrogen) atoms. The summed E-state index contributed by atoms with van der Waals surface area (Å²) in [4.78, 5) is 23.7. The molecule has 2 aliphatic carbocycles. The molecule has 4 nitrogen and oxygen atoms in total. The van der Waals surface area contributed by atoms with E-state index in [9.17, 15) is 27.9 Å². The predicted molar refractivity (Wildman–Crippen MR) is 92.9 cm³/mol. The molecule has 0 aliphatic heterocycles. The minimum absolute atomic E-state index is 0.125. The van der Waals surface area contributed by atoms with Crippen LogP contribution in [0.3, 0.4) is 0 Å². The maximum absolute atomic E-state index is 13.1. The van der Waals surface area contributed by atoms with Crippen molar-refractivity contribution in [1.29, 1.82) is 0 Å². The van der Waals surface area contributed by atoms with Gasteiger partial charge in [-0.1, -0.05) is 49.6 Å². The van der Waals surface area contributed by atoms with Crippen LogP contribution in [-0.4, -0.2) is 29.1 Å². The Morgan fingerprint density at radius 3 is 2.30 bits per heavy atom. The first kappa shape index (κ1) is 19.5. The van der Waals surface area contributed by atoms with Crippen LogP contribution >= 0.6 is 0 Å². The average molecular weight is 381 g/mol. The normalized spacial score (nSPS) is 20.1. The molecule has 1 aromatic carbocycles. The van der Waals surface area contributed by atoms with E-state index >= 15 is 0 Å². The van der Waals surface area contributed by atoms with Crippen LogP contribution in [0.5, 0.6) is 0 Å². The molecular formula is C20H22F3NO3. The van der Waals surface area contributed by atoms with Gasteiger partial charge in [0.1, 0.15) is 6.04 Å². The quantitative estimate of drug-likeness (QED) is 0.781. The van der Waals surface area contributed by atoms with Crippen LogP contribution in [0, 0.1) is 5.41 Å². The van der Waals surface area contributed by atoms with Crippen molar-refractivity contribution >= 4 is 11.8 Å². The lowest BCUT2D eigenvalue weighted by Gasteiger charge is -2.48. The first-order valence-electron chi connectivity index (χ1n) is 9.11. The number of ketones is 1. The topological polar surface area (TPSA) is 66.4 Å². The number of halogens is 3. The Bertz CT molecular complexity index is 749. The second kappa shape index (κ2) is 7.37. The standard InChI is InChI=1S/C20H22F3NO3/c21-20(22,23)17(25)16-15(12-19(16)9-5-2-6-10-19)24-14(18(26)27)11-13-7-3-1-4-8-13/h1,3-4,7-8,14,24H,2,5-6,9-12H2,(H,26,27). The van der Waals surface area contributed by atoms with Crippen molar-refractivity contribution in [3.8, 4) is 0 Å². The third-order valence-electron chi connectivity index (χ3n) is 5.57. The first-order chi connectivity index (χ1) is 12.7. The number of carbonyl (C=O) groups is 2. The molecule has 1 saturated carbocycles. The molecule has 0 heterocycles. The lowest BCUT2D eigenvalue weighted by molar-refractivity contribution is -0.169. The first-order valence-corrected chi connectivity index (χ1v) is 9.11. The van der Waals surface area contributed by atoms with Crippen LogP contribution in [0.1, 0.15) is 44.1 Å². The molecule has 2 N–H and O–H groups in total. The van der Waals surface area contributed by atoms with Crippen LogP contribution < -0.4 is 5.32 Å². The van der Waals surface area contributed by atoms with Gasteiger partial charge in [0.15, 0.2) is 0 Å². The Morgan fingerprint density at radius 1 is 1.11 bits per heavy atom. The van der Waals surface area contributed by atoms with Gasteiger partial charge in [0.05, 0.1) is 0 Å². The Labute approximate surface area is 155 Å². The fraction of sp³-hybridized carbons (Fsp3) is 0.500. The van der Waals surface area contributed by atoms with Crippen molar-refractivity contribution in [2.45, 2.75) is 57.2 Å². The number of Topliss-reactive ketones (excluding diaryl/α,β-unsaturated/α-hetero) is 1. The molecular weight excluding hydrogens is 359 g/mol. The van der Waals surface area contributed by atoms with Gasteiger partial charge in [-0.05, 0) is 24.8 Å². The van der Waals surface area contributed by atoms with E-state index in [0.717, 1.165) is 24.8 Å². The SMILES string of the molecule is O=C(O)C(Cc1ccccc1)NC1=C(C(=O)C(F)(F)F)C2(CCCCC2)C1. The lowest BCUT2D eigenvalue weighted by Crippen LogP contribution is -2.50. The highest BCUT2D eigenvalue weighted by Crippen LogP contribution is 2.56. The molecule has 7 heteroatoms. The summed E-state index contributed by atoms with van der Waals surface area (Å²) in [5.74, 6) is -2.99. The second-order valence-electron chi connectivity index (χ2n) is 7.42. The number of alkyl halides is 3. The zero-order chi connectivity index (χ0) is 19.7. The van der Waals surface area contributed by atoms with Gasteiger partial charge in [0.2, 0.25) is 0 Å². The van der Waals surface area contributed by atoms with Crippen molar-refractivity contribution in [2.24, 2.45) is 5.41 Å². The predicted octanol–water partition coefficient (Wildman–Crippen LogP) is 4.01. The number of carbonyl (C=O) groups excluding carboxylic acids is 1. The summed E-state index contributed by atoms with van der Waals surface area (Å²) >= 11 is 0. The van der Waals surface area contributed by atoms with E-state index in [0.29, 0.717) is 19.3 Å². The van der Waals surface area contributed by atoms with Crippen LogP contribution in [0.4, 0.5) is 13.2 Å². The zero-order valence-corrected chi connectivity index (χ0v) is 14.8. The summed E-state index contributed by atoms with van der Waals surface area (Å²) in [6, 6.07) is 7.78. The van der Waals surface area contributed by atoms with Crippen LogP contribution in [0.25, 0.3) is 0 Å². The van der Waals surface area contributed by atoms with Crippen LogP contribution in [0.15, 0.2) is 41.6 Å². The largest absolute Gasteiger partial charge is 0.480 e. The number of carboxylic acid groups (broad SMARTS) is 1. The molecule has 2 aliphatic rings. The number of rotatable bonds is 6. The summed E-state index contributed by atoms with van der Waals surface area (Å²) in [7, 11) is 0. The maximum Gasteiger partial charge on any atom is 0.454 e. The second-order valence-corrected chi connectivity index (χ2v) is 7.42. The Kier molecular flexibility index (Phi) is 5.31. The van der Waals surface area contributed by atoms with Gasteiger partial charge < -0.3 is 10.4 Å². The van der Waals surface area contributed by atoms with Gasteiger partial charge in [0.25, 0.3) is 5.78 Å². The molecule has 1 spiro atoms. The zero-order valence-electron chi connectivity index (χ0n) is 14.8. The fourth-order valence-electron chi connectivity index (χ4n) is 4.29. The summed E-state index contributed by atoms with van der Waals surface area (Å²) in [6.45, 7) is 0. The third kappa shape index (κ3) is 4.01. The number of carboxylic acids is 1. The molecule has 0 amide bonds. The monoisotopic (exact) mass is 381 g/mol. The van der Waals surface area contributed by atoms with Gasteiger partial charge in [0, 0.05) is 23.1 Å². The van der Waals surface area contributed by atoms with Crippen molar-refractivity contribution in [2.75, 3.05) is 0 Å². The number of hydrogen-bond donors (Lipinski definition) is 2.